The maximum atomic E-state index is 13.1. The van der Waals surface area contributed by atoms with Crippen LogP contribution in [0.2, 0.25) is 0 Å². The van der Waals surface area contributed by atoms with Crippen molar-refractivity contribution < 1.29 is 19.4 Å². The van der Waals surface area contributed by atoms with E-state index < -0.39 is 30.0 Å². The van der Waals surface area contributed by atoms with Crippen LogP contribution >= 0.6 is 0 Å². The molecule has 5 heteroatoms. The maximum absolute atomic E-state index is 13.1. The summed E-state index contributed by atoms with van der Waals surface area (Å²) in [5.74, 6) is -2.53. The van der Waals surface area contributed by atoms with Gasteiger partial charge in [0.2, 0.25) is 5.91 Å². The number of carboxylic acid groups (broad SMARTS) is 1. The molecule has 5 atom stereocenters. The van der Waals surface area contributed by atoms with E-state index in [1.165, 1.54) is 0 Å². The summed E-state index contributed by atoms with van der Waals surface area (Å²) in [5, 5.41) is 9.47. The highest BCUT2D eigenvalue weighted by molar-refractivity contribution is 6.00. The number of carbonyl (C=O) groups is 2. The fourth-order valence-corrected chi connectivity index (χ4v) is 3.96. The smallest absolute Gasteiger partial charge is 0.310 e. The first kappa shape index (κ1) is 13.5. The fourth-order valence-electron chi connectivity index (χ4n) is 3.96. The van der Waals surface area contributed by atoms with Crippen LogP contribution in [0.25, 0.3) is 0 Å². The second kappa shape index (κ2) is 4.68. The van der Waals surface area contributed by atoms with Gasteiger partial charge in [-0.05, 0) is 25.0 Å². The Balaban J connectivity index is 1.70. The molecule has 0 saturated carbocycles. The summed E-state index contributed by atoms with van der Waals surface area (Å²) in [4.78, 5) is 26.4. The molecule has 0 aliphatic carbocycles. The summed E-state index contributed by atoms with van der Waals surface area (Å²) in [7, 11) is 0. The van der Waals surface area contributed by atoms with Crippen LogP contribution in [0.5, 0.6) is 0 Å². The molecule has 1 aromatic carbocycles. The molecule has 0 spiro atoms. The summed E-state index contributed by atoms with van der Waals surface area (Å²) in [6.45, 7) is 2.00. The van der Waals surface area contributed by atoms with E-state index in [4.69, 9.17) is 4.74 Å². The van der Waals surface area contributed by atoms with Crippen molar-refractivity contribution in [3.05, 3.63) is 42.0 Å². The zero-order valence-corrected chi connectivity index (χ0v) is 12.2. The first-order chi connectivity index (χ1) is 10.6. The number of para-hydroxylation sites is 1. The molecule has 2 bridgehead atoms. The van der Waals surface area contributed by atoms with Gasteiger partial charge in [-0.1, -0.05) is 30.4 Å². The number of amides is 1. The molecular weight excluding hydrogens is 282 g/mol. The van der Waals surface area contributed by atoms with E-state index in [2.05, 4.69) is 0 Å². The van der Waals surface area contributed by atoms with Crippen LogP contribution in [0, 0.1) is 11.8 Å². The number of hydrogen-bond acceptors (Lipinski definition) is 3. The largest absolute Gasteiger partial charge is 0.481 e. The van der Waals surface area contributed by atoms with Crippen molar-refractivity contribution in [3.8, 4) is 0 Å². The number of benzene rings is 1. The van der Waals surface area contributed by atoms with Gasteiger partial charge in [-0.15, -0.1) is 0 Å². The fraction of sp³-hybridized carbons (Fsp3) is 0.412. The third-order valence-electron chi connectivity index (χ3n) is 4.91. The lowest BCUT2D eigenvalue weighted by atomic mass is 9.82. The Morgan fingerprint density at radius 2 is 1.86 bits per heavy atom. The first-order valence-electron chi connectivity index (χ1n) is 7.55. The van der Waals surface area contributed by atoms with Crippen molar-refractivity contribution in [2.24, 2.45) is 11.8 Å². The molecule has 0 unspecified atom stereocenters. The van der Waals surface area contributed by atoms with Gasteiger partial charge in [-0.3, -0.25) is 9.59 Å². The van der Waals surface area contributed by atoms with Crippen LogP contribution in [-0.4, -0.2) is 35.2 Å². The van der Waals surface area contributed by atoms with Crippen molar-refractivity contribution >= 4 is 17.6 Å². The highest BCUT2D eigenvalue weighted by Gasteiger charge is 2.55. The summed E-state index contributed by atoms with van der Waals surface area (Å²) in [6, 6.07) is 7.86. The molecule has 1 saturated heterocycles. The van der Waals surface area contributed by atoms with Crippen LogP contribution in [0.1, 0.15) is 12.5 Å². The molecule has 1 fully saturated rings. The molecular formula is C17H17NO4. The summed E-state index contributed by atoms with van der Waals surface area (Å²) in [6.07, 6.45) is 3.48. The number of carboxylic acids is 1. The third kappa shape index (κ3) is 1.75. The zero-order chi connectivity index (χ0) is 15.4. The minimum Gasteiger partial charge on any atom is -0.481 e. The number of ether oxygens (including phenoxy) is 1. The predicted octanol–water partition coefficient (Wildman–Crippen LogP) is 1.62. The van der Waals surface area contributed by atoms with Gasteiger partial charge in [0.25, 0.3) is 0 Å². The van der Waals surface area contributed by atoms with Crippen LogP contribution in [0.15, 0.2) is 36.4 Å². The minimum absolute atomic E-state index is 0.0439. The van der Waals surface area contributed by atoms with Crippen molar-refractivity contribution in [2.75, 3.05) is 4.90 Å². The SMILES string of the molecule is C[C@H]1Cc2ccccc2N1C(=O)[C@@H]1[C@@H](C(=O)O)[C@H]2C=C[C@@H]1O2. The number of rotatable bonds is 2. The topological polar surface area (TPSA) is 66.8 Å². The molecule has 1 aromatic rings. The van der Waals surface area contributed by atoms with Gasteiger partial charge in [0, 0.05) is 11.7 Å². The quantitative estimate of drug-likeness (QED) is 0.843. The lowest BCUT2D eigenvalue weighted by Gasteiger charge is -2.29. The Morgan fingerprint density at radius 3 is 2.59 bits per heavy atom. The summed E-state index contributed by atoms with van der Waals surface area (Å²) < 4.78 is 5.62. The van der Waals surface area contributed by atoms with Crippen LogP contribution < -0.4 is 4.90 Å². The number of fused-ring (bicyclic) bond motifs is 3. The minimum atomic E-state index is -0.963. The molecule has 1 amide bonds. The molecule has 4 rings (SSSR count). The number of carbonyl (C=O) groups excluding carboxylic acids is 1. The molecule has 3 aliphatic rings. The lowest BCUT2D eigenvalue weighted by molar-refractivity contribution is -0.146. The average Bonchev–Trinajstić information content (AvgIpc) is 3.17. The van der Waals surface area contributed by atoms with E-state index in [-0.39, 0.29) is 11.9 Å². The number of anilines is 1. The van der Waals surface area contributed by atoms with E-state index >= 15 is 0 Å². The standard InChI is InChI=1S/C17H17NO4/c1-9-8-10-4-2-3-5-11(10)18(9)16(19)14-12-6-7-13(22-12)15(14)17(20)21/h2-7,9,12-15H,8H2,1H3,(H,20,21)/t9-,12-,13+,14-,15-/m0/s1. The summed E-state index contributed by atoms with van der Waals surface area (Å²) >= 11 is 0. The number of nitrogens with zero attached hydrogens (tertiary/aromatic N) is 1. The molecule has 5 nitrogen and oxygen atoms in total. The van der Waals surface area contributed by atoms with Gasteiger partial charge in [-0.25, -0.2) is 0 Å². The van der Waals surface area contributed by atoms with E-state index in [0.717, 1.165) is 17.7 Å². The normalized spacial score (nSPS) is 35.0. The van der Waals surface area contributed by atoms with E-state index in [0.29, 0.717) is 0 Å². The Hall–Kier alpha value is -2.14. The van der Waals surface area contributed by atoms with Gasteiger partial charge in [0.1, 0.15) is 5.92 Å². The Bertz CT molecular complexity index is 683. The van der Waals surface area contributed by atoms with Gasteiger partial charge in [0.15, 0.2) is 0 Å². The highest BCUT2D eigenvalue weighted by Crippen LogP contribution is 2.43. The third-order valence-corrected chi connectivity index (χ3v) is 4.91. The Morgan fingerprint density at radius 1 is 1.18 bits per heavy atom. The van der Waals surface area contributed by atoms with Gasteiger partial charge in [0.05, 0.1) is 18.1 Å². The van der Waals surface area contributed by atoms with Crippen LogP contribution in [0.4, 0.5) is 5.69 Å². The van der Waals surface area contributed by atoms with Crippen molar-refractivity contribution in [3.63, 3.8) is 0 Å². The lowest BCUT2D eigenvalue weighted by Crippen LogP contribution is -2.47. The predicted molar refractivity (Wildman–Crippen MR) is 79.5 cm³/mol. The monoisotopic (exact) mass is 299 g/mol. The zero-order valence-electron chi connectivity index (χ0n) is 12.2. The van der Waals surface area contributed by atoms with Crippen LogP contribution in [0.3, 0.4) is 0 Å². The highest BCUT2D eigenvalue weighted by atomic mass is 16.5. The molecule has 0 radical (unpaired) electrons. The second-order valence-corrected chi connectivity index (χ2v) is 6.23. The second-order valence-electron chi connectivity index (χ2n) is 6.23. The van der Waals surface area contributed by atoms with E-state index in [1.54, 1.807) is 11.0 Å². The number of aliphatic carboxylic acids is 1. The van der Waals surface area contributed by atoms with Crippen molar-refractivity contribution in [2.45, 2.75) is 31.6 Å². The first-order valence-corrected chi connectivity index (χ1v) is 7.55. The van der Waals surface area contributed by atoms with E-state index in [9.17, 15) is 14.7 Å². The number of hydrogen-bond donors (Lipinski definition) is 1. The van der Waals surface area contributed by atoms with Crippen molar-refractivity contribution in [1.82, 2.24) is 0 Å². The van der Waals surface area contributed by atoms with Gasteiger partial charge in [-0.2, -0.15) is 0 Å². The Kier molecular flexibility index (Phi) is 2.87. The maximum Gasteiger partial charge on any atom is 0.310 e. The molecule has 22 heavy (non-hydrogen) atoms. The van der Waals surface area contributed by atoms with Crippen molar-refractivity contribution in [1.29, 1.82) is 0 Å². The molecule has 3 heterocycles. The van der Waals surface area contributed by atoms with Gasteiger partial charge >= 0.3 is 5.97 Å². The van der Waals surface area contributed by atoms with Crippen LogP contribution in [-0.2, 0) is 20.7 Å². The van der Waals surface area contributed by atoms with Gasteiger partial charge < -0.3 is 14.7 Å². The summed E-state index contributed by atoms with van der Waals surface area (Å²) in [5.41, 5.74) is 2.03. The average molecular weight is 299 g/mol. The molecule has 1 N–H and O–H groups in total. The Labute approximate surface area is 128 Å². The molecule has 3 aliphatic heterocycles. The molecule has 0 aromatic heterocycles. The van der Waals surface area contributed by atoms with E-state index in [1.807, 2.05) is 37.3 Å². The molecule has 114 valence electrons.